The number of carboxylic acid groups (broad SMARTS) is 1. The average Bonchev–Trinajstić information content (AvgIpc) is 2.45. The monoisotopic (exact) mass is 300 g/mol. The molecule has 0 unspecified atom stereocenters. The van der Waals surface area contributed by atoms with Crippen LogP contribution in [0.5, 0.6) is 0 Å². The molecular formula is C18H20O2S. The zero-order valence-electron chi connectivity index (χ0n) is 12.6. The molecule has 0 aromatic heterocycles. The van der Waals surface area contributed by atoms with E-state index < -0.39 is 5.97 Å². The molecule has 2 aromatic carbocycles. The van der Waals surface area contributed by atoms with Crippen molar-refractivity contribution >= 4 is 17.7 Å². The van der Waals surface area contributed by atoms with Crippen LogP contribution in [-0.2, 0) is 11.2 Å². The SMILES string of the molecule is CC(C)(C)c1ccc(CSc2ccc(C(=O)O)cc2)cc1. The van der Waals surface area contributed by atoms with Crippen molar-refractivity contribution in [3.63, 3.8) is 0 Å². The highest BCUT2D eigenvalue weighted by molar-refractivity contribution is 7.98. The van der Waals surface area contributed by atoms with Crippen LogP contribution in [0.1, 0.15) is 42.3 Å². The van der Waals surface area contributed by atoms with Crippen molar-refractivity contribution in [2.45, 2.75) is 36.8 Å². The van der Waals surface area contributed by atoms with Gasteiger partial charge >= 0.3 is 5.97 Å². The molecule has 0 radical (unpaired) electrons. The lowest BCUT2D eigenvalue weighted by Gasteiger charge is -2.19. The Morgan fingerprint density at radius 1 is 1.00 bits per heavy atom. The number of carboxylic acids is 1. The van der Waals surface area contributed by atoms with Crippen LogP contribution in [0.3, 0.4) is 0 Å². The maximum absolute atomic E-state index is 10.8. The molecule has 0 heterocycles. The Balaban J connectivity index is 1.98. The zero-order valence-corrected chi connectivity index (χ0v) is 13.4. The molecule has 0 aliphatic rings. The Hall–Kier alpha value is -1.74. The molecule has 0 saturated carbocycles. The third kappa shape index (κ3) is 4.36. The second kappa shape index (κ2) is 6.35. The summed E-state index contributed by atoms with van der Waals surface area (Å²) in [5.74, 6) is 0.000865. The van der Waals surface area contributed by atoms with Crippen LogP contribution in [0.25, 0.3) is 0 Å². The lowest BCUT2D eigenvalue weighted by atomic mass is 9.87. The smallest absolute Gasteiger partial charge is 0.335 e. The highest BCUT2D eigenvalue weighted by Crippen LogP contribution is 2.26. The summed E-state index contributed by atoms with van der Waals surface area (Å²) in [4.78, 5) is 11.9. The van der Waals surface area contributed by atoms with Crippen molar-refractivity contribution in [2.75, 3.05) is 0 Å². The number of rotatable bonds is 4. The van der Waals surface area contributed by atoms with Crippen molar-refractivity contribution in [3.8, 4) is 0 Å². The minimum absolute atomic E-state index is 0.179. The van der Waals surface area contributed by atoms with Crippen LogP contribution in [-0.4, -0.2) is 11.1 Å². The maximum atomic E-state index is 10.8. The van der Waals surface area contributed by atoms with Gasteiger partial charge in [-0.05, 0) is 40.8 Å². The molecule has 0 aliphatic heterocycles. The minimum Gasteiger partial charge on any atom is -0.478 e. The van der Waals surface area contributed by atoms with Gasteiger partial charge in [-0.15, -0.1) is 11.8 Å². The largest absolute Gasteiger partial charge is 0.478 e. The summed E-state index contributed by atoms with van der Waals surface area (Å²) < 4.78 is 0. The third-order valence-electron chi connectivity index (χ3n) is 3.33. The Morgan fingerprint density at radius 2 is 1.57 bits per heavy atom. The molecular weight excluding hydrogens is 280 g/mol. The van der Waals surface area contributed by atoms with Crippen molar-refractivity contribution in [1.29, 1.82) is 0 Å². The van der Waals surface area contributed by atoms with Gasteiger partial charge in [-0.2, -0.15) is 0 Å². The van der Waals surface area contributed by atoms with Crippen LogP contribution >= 0.6 is 11.8 Å². The van der Waals surface area contributed by atoms with E-state index in [9.17, 15) is 4.79 Å². The molecule has 0 bridgehead atoms. The molecule has 2 aromatic rings. The summed E-state index contributed by atoms with van der Waals surface area (Å²) in [5, 5.41) is 8.87. The van der Waals surface area contributed by atoms with E-state index in [1.807, 2.05) is 12.1 Å². The second-order valence-electron chi connectivity index (χ2n) is 6.07. The van der Waals surface area contributed by atoms with E-state index >= 15 is 0 Å². The van der Waals surface area contributed by atoms with Gasteiger partial charge in [0.25, 0.3) is 0 Å². The summed E-state index contributed by atoms with van der Waals surface area (Å²) in [5.41, 5.74) is 3.12. The first kappa shape index (κ1) is 15.6. The normalized spacial score (nSPS) is 11.4. The summed E-state index contributed by atoms with van der Waals surface area (Å²) in [7, 11) is 0. The highest BCUT2D eigenvalue weighted by Gasteiger charge is 2.12. The fourth-order valence-corrected chi connectivity index (χ4v) is 2.82. The van der Waals surface area contributed by atoms with Gasteiger partial charge in [-0.25, -0.2) is 4.79 Å². The van der Waals surface area contributed by atoms with Gasteiger partial charge in [0.05, 0.1) is 5.56 Å². The summed E-state index contributed by atoms with van der Waals surface area (Å²) in [6, 6.07) is 15.7. The van der Waals surface area contributed by atoms with Crippen LogP contribution < -0.4 is 0 Å². The third-order valence-corrected chi connectivity index (χ3v) is 4.41. The van der Waals surface area contributed by atoms with Crippen LogP contribution in [0, 0.1) is 0 Å². The number of benzene rings is 2. The van der Waals surface area contributed by atoms with Crippen LogP contribution in [0.15, 0.2) is 53.4 Å². The number of hydrogen-bond donors (Lipinski definition) is 1. The summed E-state index contributed by atoms with van der Waals surface area (Å²) in [6.45, 7) is 6.63. The molecule has 2 rings (SSSR count). The van der Waals surface area contributed by atoms with Gasteiger partial charge in [-0.3, -0.25) is 0 Å². The van der Waals surface area contributed by atoms with Gasteiger partial charge in [0.15, 0.2) is 0 Å². The lowest BCUT2D eigenvalue weighted by Crippen LogP contribution is -2.10. The number of aromatic carboxylic acids is 1. The summed E-state index contributed by atoms with van der Waals surface area (Å²) >= 11 is 1.71. The predicted octanol–water partition coefficient (Wildman–Crippen LogP) is 4.97. The summed E-state index contributed by atoms with van der Waals surface area (Å²) in [6.07, 6.45) is 0. The number of thioether (sulfide) groups is 1. The maximum Gasteiger partial charge on any atom is 0.335 e. The Labute approximate surface area is 130 Å². The average molecular weight is 300 g/mol. The molecule has 3 heteroatoms. The Kier molecular flexibility index (Phi) is 4.73. The van der Waals surface area contributed by atoms with Gasteiger partial charge in [0, 0.05) is 10.6 Å². The van der Waals surface area contributed by atoms with Crippen molar-refractivity contribution < 1.29 is 9.90 Å². The zero-order chi connectivity index (χ0) is 15.5. The first-order valence-electron chi connectivity index (χ1n) is 6.92. The molecule has 0 aliphatic carbocycles. The number of hydrogen-bond acceptors (Lipinski definition) is 2. The fourth-order valence-electron chi connectivity index (χ4n) is 1.96. The second-order valence-corrected chi connectivity index (χ2v) is 7.11. The molecule has 2 nitrogen and oxygen atoms in total. The Bertz CT molecular complexity index is 607. The van der Waals surface area contributed by atoms with Crippen molar-refractivity contribution in [1.82, 2.24) is 0 Å². The molecule has 1 N–H and O–H groups in total. The molecule has 0 atom stereocenters. The predicted molar refractivity (Wildman–Crippen MR) is 88.1 cm³/mol. The first-order valence-corrected chi connectivity index (χ1v) is 7.90. The van der Waals surface area contributed by atoms with Gasteiger partial charge in [0.2, 0.25) is 0 Å². The first-order chi connectivity index (χ1) is 9.86. The van der Waals surface area contributed by atoms with Gasteiger partial charge in [-0.1, -0.05) is 45.0 Å². The van der Waals surface area contributed by atoms with Gasteiger partial charge < -0.3 is 5.11 Å². The topological polar surface area (TPSA) is 37.3 Å². The Morgan fingerprint density at radius 3 is 2.05 bits per heavy atom. The van der Waals surface area contributed by atoms with Gasteiger partial charge in [0.1, 0.15) is 0 Å². The fraction of sp³-hybridized carbons (Fsp3) is 0.278. The van der Waals surface area contributed by atoms with E-state index in [1.54, 1.807) is 23.9 Å². The van der Waals surface area contributed by atoms with E-state index in [0.29, 0.717) is 5.56 Å². The standard InChI is InChI=1S/C18H20O2S/c1-18(2,3)15-8-4-13(5-9-15)12-21-16-10-6-14(7-11-16)17(19)20/h4-11H,12H2,1-3H3,(H,19,20). The highest BCUT2D eigenvalue weighted by atomic mass is 32.2. The van der Waals surface area contributed by atoms with E-state index in [1.165, 1.54) is 11.1 Å². The minimum atomic E-state index is -0.885. The number of carbonyl (C=O) groups is 1. The molecule has 0 saturated heterocycles. The van der Waals surface area contributed by atoms with E-state index in [4.69, 9.17) is 5.11 Å². The van der Waals surface area contributed by atoms with Crippen molar-refractivity contribution in [2.24, 2.45) is 0 Å². The van der Waals surface area contributed by atoms with Crippen LogP contribution in [0.2, 0.25) is 0 Å². The molecule has 0 amide bonds. The molecule has 0 spiro atoms. The van der Waals surface area contributed by atoms with Crippen LogP contribution in [0.4, 0.5) is 0 Å². The van der Waals surface area contributed by atoms with E-state index in [0.717, 1.165) is 10.6 Å². The molecule has 21 heavy (non-hydrogen) atoms. The quantitative estimate of drug-likeness (QED) is 0.810. The van der Waals surface area contributed by atoms with E-state index in [-0.39, 0.29) is 5.41 Å². The van der Waals surface area contributed by atoms with Crippen molar-refractivity contribution in [3.05, 3.63) is 65.2 Å². The lowest BCUT2D eigenvalue weighted by molar-refractivity contribution is 0.0697. The molecule has 0 fully saturated rings. The van der Waals surface area contributed by atoms with E-state index in [2.05, 4.69) is 45.0 Å². The molecule has 110 valence electrons.